The largest absolute Gasteiger partial charge is 0.331 e. The van der Waals surface area contributed by atoms with E-state index in [2.05, 4.69) is 28.6 Å². The van der Waals surface area contributed by atoms with Gasteiger partial charge in [-0.3, -0.25) is 4.79 Å². The second-order valence-electron chi connectivity index (χ2n) is 7.26. The lowest BCUT2D eigenvalue weighted by Gasteiger charge is -2.17. The summed E-state index contributed by atoms with van der Waals surface area (Å²) in [5.74, 6) is 0.00336. The summed E-state index contributed by atoms with van der Waals surface area (Å²) >= 11 is 1.57. The van der Waals surface area contributed by atoms with Crippen LogP contribution in [0.4, 0.5) is 16.5 Å². The van der Waals surface area contributed by atoms with Gasteiger partial charge in [-0.05, 0) is 30.7 Å². The molecule has 3 aromatic rings. The molecule has 2 aromatic carbocycles. The number of nitrogens with one attached hydrogen (secondary N) is 2. The Bertz CT molecular complexity index is 908. The molecule has 26 heavy (non-hydrogen) atoms. The Morgan fingerprint density at radius 2 is 1.73 bits per heavy atom. The van der Waals surface area contributed by atoms with E-state index >= 15 is 0 Å². The first-order valence-corrected chi connectivity index (χ1v) is 9.41. The third kappa shape index (κ3) is 4.29. The van der Waals surface area contributed by atoms with Gasteiger partial charge in [-0.1, -0.05) is 51.1 Å². The SMILES string of the molecule is Cc1ccccc1Nc1nc(-c2ccc(NC(=O)C(C)(C)C)cc2)cs1. The van der Waals surface area contributed by atoms with Gasteiger partial charge in [0.25, 0.3) is 0 Å². The molecule has 0 atom stereocenters. The lowest BCUT2D eigenvalue weighted by Crippen LogP contribution is -2.27. The molecule has 0 aliphatic heterocycles. The van der Waals surface area contributed by atoms with Gasteiger partial charge in [0.1, 0.15) is 0 Å². The molecule has 0 saturated carbocycles. The molecule has 3 rings (SSSR count). The van der Waals surface area contributed by atoms with Crippen LogP contribution in [-0.2, 0) is 4.79 Å². The number of carbonyl (C=O) groups is 1. The van der Waals surface area contributed by atoms with Gasteiger partial charge in [0, 0.05) is 27.7 Å². The average Bonchev–Trinajstić information content (AvgIpc) is 3.05. The number of thiazole rings is 1. The van der Waals surface area contributed by atoms with Crippen molar-refractivity contribution in [2.75, 3.05) is 10.6 Å². The minimum Gasteiger partial charge on any atom is -0.331 e. The summed E-state index contributed by atoms with van der Waals surface area (Å²) in [5, 5.41) is 9.19. The van der Waals surface area contributed by atoms with E-state index in [1.54, 1.807) is 11.3 Å². The number of benzene rings is 2. The van der Waals surface area contributed by atoms with Crippen LogP contribution in [0.3, 0.4) is 0 Å². The quantitative estimate of drug-likeness (QED) is 0.610. The maximum atomic E-state index is 12.1. The van der Waals surface area contributed by atoms with Gasteiger partial charge < -0.3 is 10.6 Å². The highest BCUT2D eigenvalue weighted by Gasteiger charge is 2.21. The van der Waals surface area contributed by atoms with Crippen molar-refractivity contribution in [1.29, 1.82) is 0 Å². The summed E-state index contributed by atoms with van der Waals surface area (Å²) in [4.78, 5) is 16.7. The number of para-hydroxylation sites is 1. The molecule has 134 valence electrons. The van der Waals surface area contributed by atoms with Crippen LogP contribution in [0.25, 0.3) is 11.3 Å². The third-order valence-electron chi connectivity index (χ3n) is 4.01. The molecule has 1 heterocycles. The molecule has 0 aliphatic rings. The van der Waals surface area contributed by atoms with Gasteiger partial charge >= 0.3 is 0 Å². The van der Waals surface area contributed by atoms with Gasteiger partial charge in [0.15, 0.2) is 5.13 Å². The molecule has 0 radical (unpaired) electrons. The second-order valence-corrected chi connectivity index (χ2v) is 8.12. The first-order chi connectivity index (χ1) is 12.3. The number of aryl methyl sites for hydroxylation is 1. The molecule has 0 aliphatic carbocycles. The number of anilines is 3. The van der Waals surface area contributed by atoms with Crippen LogP contribution in [0, 0.1) is 12.3 Å². The van der Waals surface area contributed by atoms with Crippen molar-refractivity contribution in [2.45, 2.75) is 27.7 Å². The Balaban J connectivity index is 1.71. The molecule has 0 bridgehead atoms. The number of nitrogens with zero attached hydrogens (tertiary/aromatic N) is 1. The molecule has 4 nitrogen and oxygen atoms in total. The lowest BCUT2D eigenvalue weighted by molar-refractivity contribution is -0.123. The fraction of sp³-hybridized carbons (Fsp3) is 0.238. The van der Waals surface area contributed by atoms with Crippen LogP contribution in [0.5, 0.6) is 0 Å². The summed E-state index contributed by atoms with van der Waals surface area (Å²) < 4.78 is 0. The van der Waals surface area contributed by atoms with E-state index < -0.39 is 5.41 Å². The maximum absolute atomic E-state index is 12.1. The van der Waals surface area contributed by atoms with Crippen molar-refractivity contribution < 1.29 is 4.79 Å². The van der Waals surface area contributed by atoms with E-state index in [4.69, 9.17) is 0 Å². The topological polar surface area (TPSA) is 54.0 Å². The minimum absolute atomic E-state index is 0.00336. The molecule has 2 N–H and O–H groups in total. The van der Waals surface area contributed by atoms with E-state index in [1.807, 2.05) is 68.6 Å². The summed E-state index contributed by atoms with van der Waals surface area (Å²) in [6.45, 7) is 7.76. The second kappa shape index (κ2) is 7.30. The Labute approximate surface area is 158 Å². The summed E-state index contributed by atoms with van der Waals surface area (Å²) in [7, 11) is 0. The fourth-order valence-electron chi connectivity index (χ4n) is 2.34. The number of hydrogen-bond acceptors (Lipinski definition) is 4. The Hall–Kier alpha value is -2.66. The maximum Gasteiger partial charge on any atom is 0.229 e. The zero-order valence-electron chi connectivity index (χ0n) is 15.5. The van der Waals surface area contributed by atoms with Crippen molar-refractivity contribution in [3.8, 4) is 11.3 Å². The highest BCUT2D eigenvalue weighted by atomic mass is 32.1. The number of rotatable bonds is 4. The number of hydrogen-bond donors (Lipinski definition) is 2. The smallest absolute Gasteiger partial charge is 0.229 e. The highest BCUT2D eigenvalue weighted by Crippen LogP contribution is 2.29. The molecule has 0 fully saturated rings. The van der Waals surface area contributed by atoms with Crippen molar-refractivity contribution in [2.24, 2.45) is 5.41 Å². The van der Waals surface area contributed by atoms with Gasteiger partial charge in [0.05, 0.1) is 5.69 Å². The van der Waals surface area contributed by atoms with Crippen molar-refractivity contribution in [1.82, 2.24) is 4.98 Å². The minimum atomic E-state index is -0.413. The molecule has 0 unspecified atom stereocenters. The standard InChI is InChI=1S/C21H23N3OS/c1-14-7-5-6-8-17(14)23-20-24-18(13-26-20)15-9-11-16(12-10-15)22-19(25)21(2,3)4/h5-13H,1-4H3,(H,22,25)(H,23,24). The van der Waals surface area contributed by atoms with Gasteiger partial charge in [-0.15, -0.1) is 11.3 Å². The summed E-state index contributed by atoms with van der Waals surface area (Å²) in [6, 6.07) is 15.9. The van der Waals surface area contributed by atoms with Crippen LogP contribution >= 0.6 is 11.3 Å². The Morgan fingerprint density at radius 1 is 1.04 bits per heavy atom. The average molecular weight is 366 g/mol. The summed E-state index contributed by atoms with van der Waals surface area (Å²) in [5.41, 5.74) is 4.57. The van der Waals surface area contributed by atoms with Crippen LogP contribution in [0.2, 0.25) is 0 Å². The molecular weight excluding hydrogens is 342 g/mol. The first kappa shape index (κ1) is 18.1. The van der Waals surface area contributed by atoms with E-state index in [0.717, 1.165) is 27.8 Å². The summed E-state index contributed by atoms with van der Waals surface area (Å²) in [6.07, 6.45) is 0. The molecule has 0 saturated heterocycles. The van der Waals surface area contributed by atoms with Gasteiger partial charge in [0.2, 0.25) is 5.91 Å². The van der Waals surface area contributed by atoms with E-state index in [-0.39, 0.29) is 5.91 Å². The van der Waals surface area contributed by atoms with Crippen LogP contribution in [-0.4, -0.2) is 10.9 Å². The molecule has 1 aromatic heterocycles. The fourth-order valence-corrected chi connectivity index (χ4v) is 3.07. The van der Waals surface area contributed by atoms with Gasteiger partial charge in [-0.25, -0.2) is 4.98 Å². The normalized spacial score (nSPS) is 11.2. The first-order valence-electron chi connectivity index (χ1n) is 8.53. The lowest BCUT2D eigenvalue weighted by atomic mass is 9.95. The third-order valence-corrected chi connectivity index (χ3v) is 4.77. The number of carbonyl (C=O) groups excluding carboxylic acids is 1. The van der Waals surface area contributed by atoms with Crippen LogP contribution in [0.15, 0.2) is 53.9 Å². The van der Waals surface area contributed by atoms with Crippen LogP contribution < -0.4 is 10.6 Å². The zero-order chi connectivity index (χ0) is 18.7. The molecule has 5 heteroatoms. The number of amides is 1. The van der Waals surface area contributed by atoms with Crippen molar-refractivity contribution >= 4 is 33.8 Å². The van der Waals surface area contributed by atoms with E-state index in [0.29, 0.717) is 0 Å². The van der Waals surface area contributed by atoms with Gasteiger partial charge in [-0.2, -0.15) is 0 Å². The molecular formula is C21H23N3OS. The van der Waals surface area contributed by atoms with E-state index in [1.165, 1.54) is 5.56 Å². The van der Waals surface area contributed by atoms with Crippen molar-refractivity contribution in [3.63, 3.8) is 0 Å². The van der Waals surface area contributed by atoms with Crippen LogP contribution in [0.1, 0.15) is 26.3 Å². The predicted molar refractivity (Wildman–Crippen MR) is 110 cm³/mol. The highest BCUT2D eigenvalue weighted by molar-refractivity contribution is 7.14. The Morgan fingerprint density at radius 3 is 2.38 bits per heavy atom. The van der Waals surface area contributed by atoms with Crippen molar-refractivity contribution in [3.05, 3.63) is 59.5 Å². The monoisotopic (exact) mass is 365 g/mol. The molecule has 1 amide bonds. The Kier molecular flexibility index (Phi) is 5.09. The van der Waals surface area contributed by atoms with E-state index in [9.17, 15) is 4.79 Å². The molecule has 0 spiro atoms. The zero-order valence-corrected chi connectivity index (χ0v) is 16.3. The number of aromatic nitrogens is 1. The predicted octanol–water partition coefficient (Wildman–Crippen LogP) is 5.85.